The molecule has 2 aromatic heterocycles. The van der Waals surface area contributed by atoms with Gasteiger partial charge in [-0.05, 0) is 25.0 Å². The lowest BCUT2D eigenvalue weighted by atomic mass is 10.2. The number of aromatic amines is 1. The Morgan fingerprint density at radius 1 is 1.00 bits per heavy atom. The third kappa shape index (κ3) is 6.23. The summed E-state index contributed by atoms with van der Waals surface area (Å²) >= 11 is 0. The number of carbonyl (C=O) groups excluding carboxylic acids is 2. The zero-order chi connectivity index (χ0) is 25.4. The lowest BCUT2D eigenvalue weighted by Gasteiger charge is -2.10. The van der Waals surface area contributed by atoms with Gasteiger partial charge in [-0.25, -0.2) is 14.2 Å². The molecular formula is C24H31FN6O4. The molecule has 0 saturated heterocycles. The summed E-state index contributed by atoms with van der Waals surface area (Å²) in [5, 5.41) is 0. The van der Waals surface area contributed by atoms with Crippen LogP contribution in [0.25, 0.3) is 11.2 Å². The van der Waals surface area contributed by atoms with Gasteiger partial charge in [0, 0.05) is 25.9 Å². The number of rotatable bonds is 11. The molecule has 1 aromatic carbocycles. The van der Waals surface area contributed by atoms with Crippen LogP contribution in [0.2, 0.25) is 0 Å². The summed E-state index contributed by atoms with van der Waals surface area (Å²) < 4.78 is 17.0. The molecule has 0 saturated carbocycles. The second-order valence-corrected chi connectivity index (χ2v) is 8.31. The van der Waals surface area contributed by atoms with Gasteiger partial charge in [-0.3, -0.25) is 34.8 Å². The second kappa shape index (κ2) is 12.1. The van der Waals surface area contributed by atoms with E-state index in [2.05, 4.69) is 27.7 Å². The number of unbranched alkanes of at least 4 members (excludes halogenated alkanes) is 3. The van der Waals surface area contributed by atoms with Gasteiger partial charge in [0.2, 0.25) is 5.91 Å². The average Bonchev–Trinajstić information content (AvgIpc) is 3.20. The van der Waals surface area contributed by atoms with Crippen LogP contribution in [0, 0.1) is 5.82 Å². The fourth-order valence-corrected chi connectivity index (χ4v) is 3.82. The first-order chi connectivity index (χ1) is 16.9. The SMILES string of the molecule is CCCCCn1c(CCC(=O)NNC(=O)c2ccccc2F)nc2c1c(=O)[nH]c(=O)n2CCCC. The molecular weight excluding hydrogens is 455 g/mol. The number of hydrazine groups is 1. The second-order valence-electron chi connectivity index (χ2n) is 8.31. The first-order valence-corrected chi connectivity index (χ1v) is 11.9. The van der Waals surface area contributed by atoms with Gasteiger partial charge in [0.05, 0.1) is 5.56 Å². The van der Waals surface area contributed by atoms with E-state index >= 15 is 0 Å². The van der Waals surface area contributed by atoms with Crippen molar-refractivity contribution in [2.45, 2.75) is 71.9 Å². The molecule has 0 unspecified atom stereocenters. The molecule has 0 radical (unpaired) electrons. The van der Waals surface area contributed by atoms with Gasteiger partial charge in [0.15, 0.2) is 11.2 Å². The predicted molar refractivity (Wildman–Crippen MR) is 129 cm³/mol. The molecule has 10 nitrogen and oxygen atoms in total. The predicted octanol–water partition coefficient (Wildman–Crippen LogP) is 2.41. The van der Waals surface area contributed by atoms with E-state index in [4.69, 9.17) is 0 Å². The van der Waals surface area contributed by atoms with Crippen molar-refractivity contribution in [1.82, 2.24) is 30.0 Å². The van der Waals surface area contributed by atoms with E-state index in [0.717, 1.165) is 38.2 Å². The van der Waals surface area contributed by atoms with Gasteiger partial charge in [-0.15, -0.1) is 0 Å². The summed E-state index contributed by atoms with van der Waals surface area (Å²) in [5.41, 5.74) is 3.92. The molecule has 2 heterocycles. The molecule has 0 aliphatic heterocycles. The number of hydrogen-bond donors (Lipinski definition) is 3. The van der Waals surface area contributed by atoms with Crippen LogP contribution < -0.4 is 22.1 Å². The van der Waals surface area contributed by atoms with Crippen molar-refractivity contribution in [1.29, 1.82) is 0 Å². The average molecular weight is 487 g/mol. The van der Waals surface area contributed by atoms with E-state index in [1.54, 1.807) is 4.57 Å². The maximum Gasteiger partial charge on any atom is 0.330 e. The number of hydrogen-bond acceptors (Lipinski definition) is 5. The molecule has 0 bridgehead atoms. The summed E-state index contributed by atoms with van der Waals surface area (Å²) in [6.07, 6.45) is 4.53. The smallest absolute Gasteiger partial charge is 0.322 e. The number of carbonyl (C=O) groups is 2. The molecule has 3 rings (SSSR count). The Kier molecular flexibility index (Phi) is 8.93. The third-order valence-electron chi connectivity index (χ3n) is 5.69. The highest BCUT2D eigenvalue weighted by Gasteiger charge is 2.19. The van der Waals surface area contributed by atoms with Crippen LogP contribution >= 0.6 is 0 Å². The number of aromatic nitrogens is 4. The number of H-pyrrole nitrogens is 1. The number of fused-ring (bicyclic) bond motifs is 1. The van der Waals surface area contributed by atoms with E-state index in [9.17, 15) is 23.6 Å². The Bertz CT molecular complexity index is 1310. The Hall–Kier alpha value is -3.76. The summed E-state index contributed by atoms with van der Waals surface area (Å²) in [6.45, 7) is 5.03. The number of benzene rings is 1. The Balaban J connectivity index is 1.79. The van der Waals surface area contributed by atoms with Crippen LogP contribution in [0.5, 0.6) is 0 Å². The van der Waals surface area contributed by atoms with Gasteiger partial charge in [0.1, 0.15) is 11.6 Å². The zero-order valence-corrected chi connectivity index (χ0v) is 20.0. The van der Waals surface area contributed by atoms with Crippen molar-refractivity contribution >= 4 is 23.0 Å². The van der Waals surface area contributed by atoms with Crippen molar-refractivity contribution in [3.63, 3.8) is 0 Å². The standard InChI is InChI=1S/C24H31FN6O4/c1-3-5-9-15-30-18(26-21-20(30)23(34)27-24(35)31(21)14-6-4-2)12-13-19(32)28-29-22(33)16-10-7-8-11-17(16)25/h7-8,10-11H,3-6,9,12-15H2,1-2H3,(H,28,32)(H,29,33)(H,27,34,35). The fraction of sp³-hybridized carbons (Fsp3) is 0.458. The molecule has 11 heteroatoms. The van der Waals surface area contributed by atoms with Gasteiger partial charge in [0.25, 0.3) is 11.5 Å². The monoisotopic (exact) mass is 486 g/mol. The Morgan fingerprint density at radius 3 is 2.43 bits per heavy atom. The maximum atomic E-state index is 13.7. The number of halogens is 1. The van der Waals surface area contributed by atoms with Crippen LogP contribution in [-0.4, -0.2) is 30.9 Å². The minimum absolute atomic E-state index is 0.0360. The number of nitrogens with zero attached hydrogens (tertiary/aromatic N) is 3. The number of nitrogens with one attached hydrogen (secondary N) is 3. The summed E-state index contributed by atoms with van der Waals surface area (Å²) in [5.74, 6) is -1.46. The number of aryl methyl sites for hydroxylation is 3. The van der Waals surface area contributed by atoms with Crippen LogP contribution in [-0.2, 0) is 24.3 Å². The highest BCUT2D eigenvalue weighted by molar-refractivity contribution is 5.95. The van der Waals surface area contributed by atoms with E-state index in [1.165, 1.54) is 22.8 Å². The topological polar surface area (TPSA) is 131 Å². The third-order valence-corrected chi connectivity index (χ3v) is 5.69. The lowest BCUT2D eigenvalue weighted by molar-refractivity contribution is -0.121. The summed E-state index contributed by atoms with van der Waals surface area (Å²) in [7, 11) is 0. The molecule has 188 valence electrons. The van der Waals surface area contributed by atoms with Crippen LogP contribution in [0.4, 0.5) is 4.39 Å². The van der Waals surface area contributed by atoms with Crippen molar-refractivity contribution in [3.8, 4) is 0 Å². The van der Waals surface area contributed by atoms with Gasteiger partial charge >= 0.3 is 5.69 Å². The molecule has 0 aliphatic rings. The normalized spacial score (nSPS) is 11.1. The van der Waals surface area contributed by atoms with Crippen LogP contribution in [0.15, 0.2) is 33.9 Å². The first-order valence-electron chi connectivity index (χ1n) is 11.9. The van der Waals surface area contributed by atoms with Crippen molar-refractivity contribution in [2.75, 3.05) is 0 Å². The minimum Gasteiger partial charge on any atom is -0.322 e. The minimum atomic E-state index is -0.769. The summed E-state index contributed by atoms with van der Waals surface area (Å²) in [6, 6.07) is 5.45. The van der Waals surface area contributed by atoms with Gasteiger partial charge < -0.3 is 4.57 Å². The highest BCUT2D eigenvalue weighted by atomic mass is 19.1. The van der Waals surface area contributed by atoms with Crippen LogP contribution in [0.1, 0.15) is 68.6 Å². The fourth-order valence-electron chi connectivity index (χ4n) is 3.82. The molecule has 0 fully saturated rings. The van der Waals surface area contributed by atoms with Crippen LogP contribution in [0.3, 0.4) is 0 Å². The molecule has 2 amide bonds. The van der Waals surface area contributed by atoms with E-state index < -0.39 is 28.9 Å². The van der Waals surface area contributed by atoms with Crippen molar-refractivity contribution in [3.05, 3.63) is 62.3 Å². The van der Waals surface area contributed by atoms with E-state index in [0.29, 0.717) is 30.1 Å². The molecule has 0 spiro atoms. The molecule has 0 aliphatic carbocycles. The lowest BCUT2D eigenvalue weighted by Crippen LogP contribution is -2.42. The van der Waals surface area contributed by atoms with E-state index in [1.807, 2.05) is 6.92 Å². The van der Waals surface area contributed by atoms with Crippen molar-refractivity contribution in [2.24, 2.45) is 0 Å². The van der Waals surface area contributed by atoms with Gasteiger partial charge in [-0.2, -0.15) is 0 Å². The number of imidazole rings is 1. The Labute approximate surface area is 201 Å². The molecule has 0 atom stereocenters. The first kappa shape index (κ1) is 25.9. The Morgan fingerprint density at radius 2 is 1.71 bits per heavy atom. The zero-order valence-electron chi connectivity index (χ0n) is 20.0. The van der Waals surface area contributed by atoms with Gasteiger partial charge in [-0.1, -0.05) is 45.2 Å². The van der Waals surface area contributed by atoms with E-state index in [-0.39, 0.29) is 18.4 Å². The molecule has 35 heavy (non-hydrogen) atoms. The summed E-state index contributed by atoms with van der Waals surface area (Å²) in [4.78, 5) is 56.6. The largest absolute Gasteiger partial charge is 0.330 e. The number of amides is 2. The molecule has 3 N–H and O–H groups in total. The molecule has 3 aromatic rings. The quantitative estimate of drug-likeness (QED) is 0.283. The maximum absolute atomic E-state index is 13.7. The highest BCUT2D eigenvalue weighted by Crippen LogP contribution is 2.15. The van der Waals surface area contributed by atoms with Crippen molar-refractivity contribution < 1.29 is 14.0 Å².